The highest BCUT2D eigenvalue weighted by atomic mass is 16.3. The van der Waals surface area contributed by atoms with E-state index in [9.17, 15) is 10.2 Å². The van der Waals surface area contributed by atoms with E-state index >= 15 is 0 Å². The normalized spacial score (nSPS) is 15.8. The van der Waals surface area contributed by atoms with Crippen molar-refractivity contribution in [1.29, 1.82) is 0 Å². The summed E-state index contributed by atoms with van der Waals surface area (Å²) in [6.45, 7) is 4.46. The summed E-state index contributed by atoms with van der Waals surface area (Å²) in [5, 5.41) is 18.8. The van der Waals surface area contributed by atoms with Crippen molar-refractivity contribution in [2.75, 3.05) is 49.7 Å². The molecule has 0 fully saturated rings. The maximum Gasteiger partial charge on any atom is 0.0604 e. The van der Waals surface area contributed by atoms with E-state index in [4.69, 9.17) is 0 Å². The molecule has 0 saturated heterocycles. The van der Waals surface area contributed by atoms with Crippen LogP contribution in [0.1, 0.15) is 6.92 Å². The molecule has 4 nitrogen and oxygen atoms in total. The molecule has 100 valence electrons. The number of nitrogens with zero attached hydrogens (tertiary/aromatic N) is 2. The number of para-hydroxylation sites is 2. The van der Waals surface area contributed by atoms with Gasteiger partial charge < -0.3 is 20.0 Å². The van der Waals surface area contributed by atoms with Crippen LogP contribution in [0.4, 0.5) is 11.4 Å². The summed E-state index contributed by atoms with van der Waals surface area (Å²) in [5.74, 6) is 0. The molecule has 2 N–H and O–H groups in total. The van der Waals surface area contributed by atoms with Crippen molar-refractivity contribution in [2.45, 2.75) is 6.92 Å². The van der Waals surface area contributed by atoms with Gasteiger partial charge in [-0.1, -0.05) is 19.1 Å². The van der Waals surface area contributed by atoms with Crippen LogP contribution in [0.5, 0.6) is 0 Å². The predicted octanol–water partition coefficient (Wildman–Crippen LogP) is 0.934. The van der Waals surface area contributed by atoms with Gasteiger partial charge in [0.05, 0.1) is 24.6 Å². The number of benzene rings is 1. The Balaban J connectivity index is 2.24. The van der Waals surface area contributed by atoms with Crippen molar-refractivity contribution in [3.05, 3.63) is 24.3 Å². The van der Waals surface area contributed by atoms with Crippen LogP contribution in [0.2, 0.25) is 0 Å². The van der Waals surface area contributed by atoms with E-state index in [1.165, 1.54) is 11.4 Å². The van der Waals surface area contributed by atoms with Crippen LogP contribution in [0, 0.1) is 5.41 Å². The van der Waals surface area contributed by atoms with Gasteiger partial charge in [0.15, 0.2) is 0 Å². The number of aliphatic hydroxyl groups excluding tert-OH is 2. The molecule has 0 spiro atoms. The van der Waals surface area contributed by atoms with Gasteiger partial charge in [0.2, 0.25) is 0 Å². The van der Waals surface area contributed by atoms with Gasteiger partial charge in [-0.2, -0.15) is 0 Å². The lowest BCUT2D eigenvalue weighted by molar-refractivity contribution is 0.0753. The SMILES string of the molecule is CN1CCN(CC(C)(CO)CO)c2ccccc21. The van der Waals surface area contributed by atoms with Crippen molar-refractivity contribution in [3.63, 3.8) is 0 Å². The molecule has 4 heteroatoms. The van der Waals surface area contributed by atoms with Gasteiger partial charge in [0.1, 0.15) is 0 Å². The van der Waals surface area contributed by atoms with Gasteiger partial charge in [0, 0.05) is 32.1 Å². The Morgan fingerprint density at radius 1 is 1.11 bits per heavy atom. The molecule has 0 unspecified atom stereocenters. The molecule has 0 radical (unpaired) electrons. The summed E-state index contributed by atoms with van der Waals surface area (Å²) in [4.78, 5) is 4.49. The lowest BCUT2D eigenvalue weighted by Crippen LogP contribution is -2.46. The molecular formula is C14H22N2O2. The Kier molecular flexibility index (Phi) is 3.78. The van der Waals surface area contributed by atoms with Crippen LogP contribution in [0.15, 0.2) is 24.3 Å². The summed E-state index contributed by atoms with van der Waals surface area (Å²) in [5.41, 5.74) is 1.93. The van der Waals surface area contributed by atoms with E-state index in [1.807, 2.05) is 19.1 Å². The van der Waals surface area contributed by atoms with Gasteiger partial charge in [-0.25, -0.2) is 0 Å². The van der Waals surface area contributed by atoms with Gasteiger partial charge in [-0.05, 0) is 12.1 Å². The molecule has 0 bridgehead atoms. The molecule has 0 amide bonds. The minimum Gasteiger partial charge on any atom is -0.396 e. The fraction of sp³-hybridized carbons (Fsp3) is 0.571. The molecule has 0 aromatic heterocycles. The van der Waals surface area contributed by atoms with Gasteiger partial charge >= 0.3 is 0 Å². The third-order valence-electron chi connectivity index (χ3n) is 3.68. The van der Waals surface area contributed by atoms with Crippen LogP contribution < -0.4 is 9.80 Å². The van der Waals surface area contributed by atoms with Gasteiger partial charge in [-0.15, -0.1) is 0 Å². The van der Waals surface area contributed by atoms with E-state index in [0.717, 1.165) is 13.1 Å². The third kappa shape index (κ3) is 2.44. The number of hydrogen-bond donors (Lipinski definition) is 2. The number of rotatable bonds is 4. The summed E-state index contributed by atoms with van der Waals surface area (Å²) in [7, 11) is 2.09. The minimum absolute atomic E-state index is 0.00198. The van der Waals surface area contributed by atoms with Crippen LogP contribution in [-0.2, 0) is 0 Å². The number of aliphatic hydroxyl groups is 2. The van der Waals surface area contributed by atoms with Crippen molar-refractivity contribution in [1.82, 2.24) is 0 Å². The van der Waals surface area contributed by atoms with Crippen molar-refractivity contribution in [2.24, 2.45) is 5.41 Å². The maximum absolute atomic E-state index is 9.42. The molecule has 1 aromatic carbocycles. The summed E-state index contributed by atoms with van der Waals surface area (Å²) >= 11 is 0. The van der Waals surface area contributed by atoms with E-state index < -0.39 is 5.41 Å². The Hall–Kier alpha value is -1.26. The summed E-state index contributed by atoms with van der Waals surface area (Å²) in [6.07, 6.45) is 0. The lowest BCUT2D eigenvalue weighted by Gasteiger charge is -2.41. The first-order valence-electron chi connectivity index (χ1n) is 6.36. The smallest absolute Gasteiger partial charge is 0.0604 e. The molecule has 1 aromatic rings. The van der Waals surface area contributed by atoms with Crippen LogP contribution >= 0.6 is 0 Å². The minimum atomic E-state index is -0.455. The zero-order valence-electron chi connectivity index (χ0n) is 11.1. The number of likely N-dealkylation sites (N-methyl/N-ethyl adjacent to an activating group) is 1. The van der Waals surface area contributed by atoms with E-state index in [1.54, 1.807) is 0 Å². The first-order valence-corrected chi connectivity index (χ1v) is 6.36. The molecule has 0 atom stereocenters. The lowest BCUT2D eigenvalue weighted by atomic mass is 9.91. The molecule has 0 saturated carbocycles. The zero-order chi connectivity index (χ0) is 13.2. The fourth-order valence-corrected chi connectivity index (χ4v) is 2.34. The Morgan fingerprint density at radius 3 is 2.33 bits per heavy atom. The number of hydrogen-bond acceptors (Lipinski definition) is 4. The van der Waals surface area contributed by atoms with E-state index in [-0.39, 0.29) is 13.2 Å². The quantitative estimate of drug-likeness (QED) is 0.834. The second kappa shape index (κ2) is 5.16. The summed E-state index contributed by atoms with van der Waals surface area (Å²) < 4.78 is 0. The Labute approximate surface area is 108 Å². The Bertz CT molecular complexity index is 405. The Morgan fingerprint density at radius 2 is 1.72 bits per heavy atom. The third-order valence-corrected chi connectivity index (χ3v) is 3.68. The topological polar surface area (TPSA) is 46.9 Å². The van der Waals surface area contributed by atoms with E-state index in [0.29, 0.717) is 6.54 Å². The predicted molar refractivity (Wildman–Crippen MR) is 74.2 cm³/mol. The zero-order valence-corrected chi connectivity index (χ0v) is 11.1. The highest BCUT2D eigenvalue weighted by Crippen LogP contribution is 2.33. The average Bonchev–Trinajstić information content (AvgIpc) is 2.42. The highest BCUT2D eigenvalue weighted by Gasteiger charge is 2.29. The number of anilines is 2. The van der Waals surface area contributed by atoms with Crippen LogP contribution in [-0.4, -0.2) is 50.1 Å². The molecular weight excluding hydrogens is 228 g/mol. The molecule has 1 aliphatic heterocycles. The van der Waals surface area contributed by atoms with Crippen molar-refractivity contribution < 1.29 is 10.2 Å². The second-order valence-corrected chi connectivity index (χ2v) is 5.46. The maximum atomic E-state index is 9.42. The van der Waals surface area contributed by atoms with E-state index in [2.05, 4.69) is 29.0 Å². The molecule has 1 aliphatic rings. The summed E-state index contributed by atoms with van der Waals surface area (Å²) in [6, 6.07) is 8.27. The van der Waals surface area contributed by atoms with Crippen molar-refractivity contribution >= 4 is 11.4 Å². The van der Waals surface area contributed by atoms with Crippen molar-refractivity contribution in [3.8, 4) is 0 Å². The fourth-order valence-electron chi connectivity index (χ4n) is 2.34. The van der Waals surface area contributed by atoms with Crippen LogP contribution in [0.3, 0.4) is 0 Å². The average molecular weight is 250 g/mol. The largest absolute Gasteiger partial charge is 0.396 e. The standard InChI is InChI=1S/C14H22N2O2/c1-14(10-17,11-18)9-16-8-7-15(2)12-5-3-4-6-13(12)16/h3-6,17-18H,7-11H2,1-2H3. The monoisotopic (exact) mass is 250 g/mol. The highest BCUT2D eigenvalue weighted by molar-refractivity contribution is 5.73. The first kappa shape index (κ1) is 13.2. The van der Waals surface area contributed by atoms with Crippen LogP contribution in [0.25, 0.3) is 0 Å². The molecule has 0 aliphatic carbocycles. The molecule has 1 heterocycles. The number of fused-ring (bicyclic) bond motifs is 1. The molecule has 2 rings (SSSR count). The van der Waals surface area contributed by atoms with Gasteiger partial charge in [-0.3, -0.25) is 0 Å². The second-order valence-electron chi connectivity index (χ2n) is 5.46. The molecule has 18 heavy (non-hydrogen) atoms. The first-order chi connectivity index (χ1) is 8.59. The van der Waals surface area contributed by atoms with Gasteiger partial charge in [0.25, 0.3) is 0 Å².